The highest BCUT2D eigenvalue weighted by molar-refractivity contribution is 5.88. The van der Waals surface area contributed by atoms with Gasteiger partial charge in [0.15, 0.2) is 18.3 Å². The van der Waals surface area contributed by atoms with Gasteiger partial charge in [-0.05, 0) is 31.2 Å². The Hall–Kier alpha value is -3.67. The summed E-state index contributed by atoms with van der Waals surface area (Å²) in [5.74, 6) is -2.13. The summed E-state index contributed by atoms with van der Waals surface area (Å²) in [6.07, 6.45) is -23.0. The first-order chi connectivity index (χ1) is 24.2. The minimum atomic E-state index is -1.98. The van der Waals surface area contributed by atoms with Crippen molar-refractivity contribution in [2.75, 3.05) is 13.2 Å². The second-order valence-corrected chi connectivity index (χ2v) is 12.5. The molecule has 3 aliphatic rings. The van der Waals surface area contributed by atoms with Crippen LogP contribution in [0.3, 0.4) is 0 Å². The molecule has 0 unspecified atom stereocenters. The molecule has 3 aliphatic heterocycles. The van der Waals surface area contributed by atoms with Crippen LogP contribution in [0.1, 0.15) is 6.92 Å². The zero-order valence-corrected chi connectivity index (χ0v) is 26.6. The van der Waals surface area contributed by atoms with Crippen LogP contribution in [-0.2, 0) is 23.7 Å². The van der Waals surface area contributed by atoms with Gasteiger partial charge in [0.2, 0.25) is 17.5 Å². The molecule has 14 atom stereocenters. The van der Waals surface area contributed by atoms with Gasteiger partial charge >= 0.3 is 0 Å². The summed E-state index contributed by atoms with van der Waals surface area (Å²) in [4.78, 5) is 13.7. The van der Waals surface area contributed by atoms with Gasteiger partial charge < -0.3 is 89.0 Å². The van der Waals surface area contributed by atoms with Crippen molar-refractivity contribution in [3.63, 3.8) is 0 Å². The van der Waals surface area contributed by atoms with E-state index in [1.54, 1.807) is 0 Å². The second-order valence-electron chi connectivity index (χ2n) is 12.5. The lowest BCUT2D eigenvalue weighted by molar-refractivity contribution is -0.351. The first-order valence-corrected chi connectivity index (χ1v) is 15.8. The van der Waals surface area contributed by atoms with Crippen LogP contribution in [0.4, 0.5) is 0 Å². The molecule has 3 aromatic rings. The van der Waals surface area contributed by atoms with E-state index in [1.165, 1.54) is 31.2 Å². The van der Waals surface area contributed by atoms with Gasteiger partial charge in [0.25, 0.3) is 0 Å². The van der Waals surface area contributed by atoms with Crippen LogP contribution in [0.25, 0.3) is 22.3 Å². The van der Waals surface area contributed by atoms with Gasteiger partial charge in [-0.3, -0.25) is 4.79 Å². The van der Waals surface area contributed by atoms with Gasteiger partial charge in [-0.2, -0.15) is 0 Å². The third kappa shape index (κ3) is 7.22. The topological polar surface area (TPSA) is 308 Å². The Kier molecular flexibility index (Phi) is 10.7. The van der Waals surface area contributed by atoms with Crippen LogP contribution in [0.2, 0.25) is 0 Å². The summed E-state index contributed by atoms with van der Waals surface area (Å²) < 4.78 is 39.3. The number of phenols is 3. The number of rotatable bonds is 8. The van der Waals surface area contributed by atoms with Crippen LogP contribution in [0, 0.1) is 0 Å². The van der Waals surface area contributed by atoms with Crippen molar-refractivity contribution in [1.82, 2.24) is 0 Å². The number of benzene rings is 2. The first-order valence-electron chi connectivity index (χ1n) is 15.8. The molecule has 3 fully saturated rings. The zero-order valence-electron chi connectivity index (χ0n) is 26.6. The van der Waals surface area contributed by atoms with Gasteiger partial charge in [-0.25, -0.2) is 0 Å². The lowest BCUT2D eigenvalue weighted by atomic mass is 9.98. The van der Waals surface area contributed by atoms with Crippen molar-refractivity contribution in [2.24, 2.45) is 0 Å². The Bertz CT molecular complexity index is 1730. The fraction of sp³-hybridized carbons (Fsp3) is 0.531. The average Bonchev–Trinajstić information content (AvgIpc) is 3.09. The van der Waals surface area contributed by atoms with E-state index in [9.17, 15) is 61.0 Å². The normalized spacial score (nSPS) is 37.4. The molecule has 280 valence electrons. The molecule has 19 nitrogen and oxygen atoms in total. The summed E-state index contributed by atoms with van der Waals surface area (Å²) in [7, 11) is 0. The first kappa shape index (κ1) is 37.1. The van der Waals surface area contributed by atoms with E-state index in [0.717, 1.165) is 12.1 Å². The second kappa shape index (κ2) is 14.8. The molecule has 11 N–H and O–H groups in total. The molecule has 0 amide bonds. The quantitative estimate of drug-likeness (QED) is 0.111. The molecular formula is C32H38O19. The maximum atomic E-state index is 13.7. The Morgan fingerprint density at radius 3 is 2.14 bits per heavy atom. The third-order valence-corrected chi connectivity index (χ3v) is 8.90. The van der Waals surface area contributed by atoms with Crippen molar-refractivity contribution in [1.29, 1.82) is 0 Å². The highest BCUT2D eigenvalue weighted by atomic mass is 16.7. The number of hydrogen-bond donors (Lipinski definition) is 11. The van der Waals surface area contributed by atoms with Gasteiger partial charge in [0.05, 0.1) is 19.3 Å². The lowest BCUT2D eigenvalue weighted by Crippen LogP contribution is -2.63. The number of fused-ring (bicyclic) bond motifs is 1. The Labute approximate surface area is 287 Å². The van der Waals surface area contributed by atoms with E-state index in [0.29, 0.717) is 0 Å². The summed E-state index contributed by atoms with van der Waals surface area (Å²) in [5, 5.41) is 114. The summed E-state index contributed by atoms with van der Waals surface area (Å²) in [5.41, 5.74) is -1.05. The summed E-state index contributed by atoms with van der Waals surface area (Å²) in [6.45, 7) is 0.340. The number of aliphatic hydroxyl groups is 8. The van der Waals surface area contributed by atoms with Crippen LogP contribution in [0.15, 0.2) is 45.6 Å². The van der Waals surface area contributed by atoms with Crippen LogP contribution < -0.4 is 10.2 Å². The fourth-order valence-electron chi connectivity index (χ4n) is 5.98. The van der Waals surface area contributed by atoms with E-state index in [1.807, 2.05) is 0 Å². The molecule has 19 heteroatoms. The summed E-state index contributed by atoms with van der Waals surface area (Å²) in [6, 6.07) is 7.23. The number of phenolic OH excluding ortho intramolecular Hbond substituents is 3. The van der Waals surface area contributed by atoms with E-state index < -0.39 is 127 Å². The summed E-state index contributed by atoms with van der Waals surface area (Å²) >= 11 is 0. The molecule has 51 heavy (non-hydrogen) atoms. The van der Waals surface area contributed by atoms with Crippen molar-refractivity contribution >= 4 is 11.0 Å². The van der Waals surface area contributed by atoms with Crippen LogP contribution >= 0.6 is 0 Å². The lowest BCUT2D eigenvalue weighted by Gasteiger charge is -2.45. The molecule has 0 bridgehead atoms. The van der Waals surface area contributed by atoms with Gasteiger partial charge in [0, 0.05) is 17.7 Å². The number of aromatic hydroxyl groups is 3. The molecule has 6 rings (SSSR count). The predicted octanol–water partition coefficient (Wildman–Crippen LogP) is -2.93. The van der Waals surface area contributed by atoms with Crippen molar-refractivity contribution in [3.8, 4) is 34.3 Å². The Morgan fingerprint density at radius 1 is 0.745 bits per heavy atom. The third-order valence-electron chi connectivity index (χ3n) is 8.90. The molecule has 0 aliphatic carbocycles. The predicted molar refractivity (Wildman–Crippen MR) is 165 cm³/mol. The minimum Gasteiger partial charge on any atom is -0.508 e. The molecule has 0 radical (unpaired) electrons. The van der Waals surface area contributed by atoms with Crippen molar-refractivity contribution in [3.05, 3.63) is 46.6 Å². The molecule has 0 saturated carbocycles. The largest absolute Gasteiger partial charge is 0.508 e. The van der Waals surface area contributed by atoms with Gasteiger partial charge in [0.1, 0.15) is 89.3 Å². The molecular weight excluding hydrogens is 688 g/mol. The van der Waals surface area contributed by atoms with Gasteiger partial charge in [-0.15, -0.1) is 0 Å². The van der Waals surface area contributed by atoms with E-state index >= 15 is 0 Å². The fourth-order valence-corrected chi connectivity index (χ4v) is 5.98. The van der Waals surface area contributed by atoms with Crippen molar-refractivity contribution < 1.29 is 89.0 Å². The molecule has 1 aromatic heterocycles. The maximum Gasteiger partial charge on any atom is 0.239 e. The smallest absolute Gasteiger partial charge is 0.239 e. The monoisotopic (exact) mass is 726 g/mol. The molecule has 0 spiro atoms. The maximum absolute atomic E-state index is 13.7. The standard InChI is InChI=1S/C32H38O19/c1-10-19(37)28(50-30-24(42)20(38)15(36)8-45-30)26(44)31(47-10)46-9-17-21(39)23(41)25(43)32(49-17)51-29-22(40)18-14(35)6-13(34)7-16(18)48-27(29)11-2-4-12(33)5-3-11/h2-7,10,15,17,19-21,23-26,28,30-39,41-44H,8-9H2,1H3/t10-,15+,17+,19-,20-,21-,23-,24-,25+,26+,28+,30-,31+,32-/m0/s1. The molecule has 2 aromatic carbocycles. The minimum absolute atomic E-state index is 0.127. The van der Waals surface area contributed by atoms with Crippen molar-refractivity contribution in [2.45, 2.75) is 92.9 Å². The Balaban J connectivity index is 1.22. The highest BCUT2D eigenvalue weighted by Gasteiger charge is 2.50. The number of hydrogen-bond acceptors (Lipinski definition) is 19. The highest BCUT2D eigenvalue weighted by Crippen LogP contribution is 2.38. The SMILES string of the molecule is C[C@@H]1O[C@@H](OC[C@H]2O[C@@H](Oc3c(-c4ccc(O)cc4)oc4cc(O)cc(O)c4c3=O)[C@H](O)[C@@H](O)[C@H]2O)[C@H](O)[C@H](O[C@@H]2OC[C@@H](O)[C@H](O)[C@@H]2O)[C@H]1O. The number of ether oxygens (including phenoxy) is 6. The average molecular weight is 727 g/mol. The van der Waals surface area contributed by atoms with Gasteiger partial charge in [-0.1, -0.05) is 0 Å². The van der Waals surface area contributed by atoms with Crippen LogP contribution in [-0.4, -0.2) is 155 Å². The van der Waals surface area contributed by atoms with E-state index in [-0.39, 0.29) is 22.7 Å². The zero-order chi connectivity index (χ0) is 36.9. The van der Waals surface area contributed by atoms with E-state index in [4.69, 9.17) is 32.8 Å². The molecule has 4 heterocycles. The molecule has 3 saturated heterocycles. The number of aliphatic hydroxyl groups excluding tert-OH is 8. The Morgan fingerprint density at radius 2 is 1.43 bits per heavy atom. The van der Waals surface area contributed by atoms with Crippen LogP contribution in [0.5, 0.6) is 23.0 Å². The van der Waals surface area contributed by atoms with E-state index in [2.05, 4.69) is 0 Å².